The van der Waals surface area contributed by atoms with Crippen molar-refractivity contribution >= 4 is 142 Å². The van der Waals surface area contributed by atoms with E-state index in [1.54, 1.807) is 116 Å². The molecular weight excluding hydrogens is 1910 g/mol. The molecule has 6 N–H and O–H groups in total. The highest BCUT2D eigenvalue weighted by Crippen LogP contribution is 2.41. The van der Waals surface area contributed by atoms with Gasteiger partial charge in [-0.1, -0.05) is 104 Å². The Hall–Kier alpha value is -16.4. The third kappa shape index (κ3) is 19.6. The van der Waals surface area contributed by atoms with Crippen LogP contribution in [0.3, 0.4) is 0 Å². The normalized spacial score (nSPS) is 13.0. The number of thiophene rings is 5. The molecule has 2 saturated heterocycles. The summed E-state index contributed by atoms with van der Waals surface area (Å²) in [5, 5.41) is 27.0. The van der Waals surface area contributed by atoms with Gasteiger partial charge in [0, 0.05) is 157 Å². The molecule has 0 unspecified atom stereocenters. The highest BCUT2D eigenvalue weighted by atomic mass is 32.1. The minimum Gasteiger partial charge on any atom is -0.493 e. The molecule has 3 aliphatic rings. The minimum absolute atomic E-state index is 0.0180. The summed E-state index contributed by atoms with van der Waals surface area (Å²) in [5.74, 6) is 2.08. The van der Waals surface area contributed by atoms with Gasteiger partial charge in [-0.05, 0) is 156 Å². The number of aromatic amines is 5. The molecule has 714 valence electrons. The fourth-order valence-corrected chi connectivity index (χ4v) is 21.5. The first kappa shape index (κ1) is 94.2. The summed E-state index contributed by atoms with van der Waals surface area (Å²) in [6.45, 7) is 15.1. The fourth-order valence-electron chi connectivity index (χ4n) is 17.1. The van der Waals surface area contributed by atoms with Gasteiger partial charge in [-0.3, -0.25) is 58.5 Å². The number of nitrogens with one attached hydrogen (secondary N) is 5. The summed E-state index contributed by atoms with van der Waals surface area (Å²) in [4.78, 5) is 155. The van der Waals surface area contributed by atoms with Gasteiger partial charge in [0.05, 0.1) is 52.1 Å². The number of fused-ring (bicyclic) bond motifs is 7. The molecule has 0 radical (unpaired) electrons. The molecule has 5 aromatic carbocycles. The molecule has 3 aliphatic heterocycles. The molecule has 0 atom stereocenters. The van der Waals surface area contributed by atoms with Gasteiger partial charge < -0.3 is 54.4 Å². The van der Waals surface area contributed by atoms with E-state index in [-0.39, 0.29) is 63.3 Å². The van der Waals surface area contributed by atoms with Crippen LogP contribution in [0, 0.1) is 25.5 Å². The first-order valence-electron chi connectivity index (χ1n) is 45.5. The molecular formula is C105H86F2N22O9S5. The highest BCUT2D eigenvalue weighted by molar-refractivity contribution is 7.19. The van der Waals surface area contributed by atoms with Crippen LogP contribution in [0.5, 0.6) is 5.75 Å². The van der Waals surface area contributed by atoms with Crippen LogP contribution < -0.4 is 42.3 Å². The fraction of sp³-hybridized carbons (Fsp3) is 0.171. The lowest BCUT2D eigenvalue weighted by Gasteiger charge is -2.37. The van der Waals surface area contributed by atoms with Gasteiger partial charge in [-0.2, -0.15) is 0 Å². The monoisotopic (exact) mass is 2000 g/mol. The van der Waals surface area contributed by atoms with Crippen molar-refractivity contribution in [1.82, 2.24) is 99.6 Å². The number of aliphatic hydroxyl groups excluding tert-OH is 1. The number of nitrogens with zero attached hydrogens (tertiary/aromatic N) is 17. The summed E-state index contributed by atoms with van der Waals surface area (Å²) < 4.78 is 39.1. The van der Waals surface area contributed by atoms with Gasteiger partial charge in [-0.15, -0.1) is 61.8 Å². The number of aromatic nitrogens is 18. The zero-order valence-corrected chi connectivity index (χ0v) is 81.6. The van der Waals surface area contributed by atoms with Crippen LogP contribution in [0.2, 0.25) is 0 Å². The molecule has 0 aliphatic carbocycles. The van der Waals surface area contributed by atoms with Crippen molar-refractivity contribution in [2.75, 3.05) is 68.8 Å². The number of hydrogen-bond donors (Lipinski definition) is 6. The second-order valence-electron chi connectivity index (χ2n) is 34.9. The summed E-state index contributed by atoms with van der Waals surface area (Å²) in [6, 6.07) is 55.7. The number of halogens is 2. The van der Waals surface area contributed by atoms with E-state index in [2.05, 4.69) is 91.1 Å². The van der Waals surface area contributed by atoms with Crippen molar-refractivity contribution in [3.63, 3.8) is 0 Å². The number of carbonyl (C=O) groups is 2. The topological polar surface area (TPSA) is 400 Å². The van der Waals surface area contributed by atoms with Crippen molar-refractivity contribution in [2.24, 2.45) is 7.05 Å². The van der Waals surface area contributed by atoms with E-state index >= 15 is 0 Å². The van der Waals surface area contributed by atoms with Gasteiger partial charge in [0.25, 0.3) is 39.6 Å². The van der Waals surface area contributed by atoms with Gasteiger partial charge in [-0.25, -0.2) is 38.4 Å². The van der Waals surface area contributed by atoms with E-state index in [0.717, 1.165) is 80.0 Å². The maximum absolute atomic E-state index is 14.9. The van der Waals surface area contributed by atoms with Crippen LogP contribution >= 0.6 is 56.7 Å². The quantitative estimate of drug-likeness (QED) is 0.0624. The van der Waals surface area contributed by atoms with Crippen LogP contribution in [0.4, 0.5) is 20.2 Å². The van der Waals surface area contributed by atoms with E-state index in [1.165, 1.54) is 68.3 Å². The molecule has 2 amide bonds. The van der Waals surface area contributed by atoms with E-state index in [0.29, 0.717) is 189 Å². The number of aryl methyl sites for hydroxylation is 3. The lowest BCUT2D eigenvalue weighted by molar-refractivity contribution is 0.0741. The lowest BCUT2D eigenvalue weighted by atomic mass is 9.86. The number of rotatable bonds is 13. The second kappa shape index (κ2) is 40.4. The Labute approximate surface area is 831 Å². The number of hydrogen-bond acceptors (Lipinski definition) is 28. The molecule has 143 heavy (non-hydrogen) atoms. The standard InChI is InChI=1S/C24H23N5O3S.C23H20FN5O2S.C21H18FN3OS.C19H13N3O2S.C18H12N6OS/c1-15-5-6-19(16(12-15)13-30)28-8-10-29(11-9-28)24(32)17-14-33-21-20(17)26-22(27-23(21)31)18-4-2-3-7-25-18;1-14-5-6-18(16(24)12-14)28-8-10-29(11-9-28)23(31)15-13-32-20-19(15)26-21(27-22(20)30)17-4-2-3-7-25-17;1-21(2,3)12-7-8-13(15(22)10-12)14-11-27-18-17(14)24-19(25-20(18)26)16-6-4-5-9-23-16;23-19-17-16(21-18(22-19)14-3-1-2-7-20-14)13(10-25-17)11-4-5-15-12(9-11)6-8-24-15;1-24-14-8-10(5-6-12(14)22-23-24)11-9-26-16-15(11)20-17(21-18(16)25)13-4-2-3-7-19-13/h2-7,12,14,30H,8-11,13H2,1H3,(H,26,27,31);2-7,12-13H,8-11H2,1H3,(H,26,27,30);4-11H,1-3H3,(H,24,25,26);1-5,7,9-10H,6,8H2,(H,21,22,23);2-9H,1H3,(H,20,21,25). The number of anilines is 2. The third-order valence-electron chi connectivity index (χ3n) is 24.5. The SMILES string of the molecule is CC(C)(C)c1ccc(-c2csc3c(=O)[nH]c(-c4ccccn4)nc23)c(F)c1.Cc1ccc(N2CCN(C(=O)c3csc4c(=O)[nH]c(-c5ccccn5)nc34)CC2)c(CO)c1.Cc1ccc(N2CCN(C(=O)c3csc4c(=O)[nH]c(-c5ccccn5)nc34)CC2)c(F)c1.Cn1nnc2ccc(-c3csc4c(=O)[nH]c(-c5ccccn5)nc34)cc21.O=c1[nH]c(-c2ccccn2)nc2c(-c3ccc4c(c3)CCO4)csc12. The summed E-state index contributed by atoms with van der Waals surface area (Å²) in [7, 11) is 1.85. The number of piperazine rings is 2. The number of benzene rings is 5. The Morgan fingerprint density at radius 1 is 0.420 bits per heavy atom. The lowest BCUT2D eigenvalue weighted by Crippen LogP contribution is -2.49. The maximum Gasteiger partial charge on any atom is 0.269 e. The number of aliphatic hydroxyl groups is 1. The largest absolute Gasteiger partial charge is 0.493 e. The van der Waals surface area contributed by atoms with E-state index in [9.17, 15) is 47.4 Å². The van der Waals surface area contributed by atoms with Crippen molar-refractivity contribution in [2.45, 2.75) is 53.1 Å². The predicted octanol–water partition coefficient (Wildman–Crippen LogP) is 18.1. The predicted molar refractivity (Wildman–Crippen MR) is 558 cm³/mol. The Kier molecular flexibility index (Phi) is 26.6. The molecule has 21 aromatic rings. The third-order valence-corrected chi connectivity index (χ3v) is 29.3. The Bertz CT molecular complexity index is 8730. The first-order chi connectivity index (χ1) is 69.4. The number of pyridine rings is 5. The van der Waals surface area contributed by atoms with Crippen LogP contribution in [0.1, 0.15) is 69.3 Å². The molecule has 2 fully saturated rings. The van der Waals surface area contributed by atoms with E-state index in [1.807, 2.05) is 173 Å². The average Bonchev–Trinajstić information content (AvgIpc) is 1.64. The molecule has 0 bridgehead atoms. The van der Waals surface area contributed by atoms with Crippen LogP contribution in [-0.2, 0) is 25.5 Å². The zero-order valence-electron chi connectivity index (χ0n) is 77.5. The summed E-state index contributed by atoms with van der Waals surface area (Å²) >= 11 is 6.50. The molecule has 24 rings (SSSR count). The molecule has 38 heteroatoms. The molecule has 19 heterocycles. The Morgan fingerprint density at radius 2 is 0.818 bits per heavy atom. The van der Waals surface area contributed by atoms with Crippen LogP contribution in [0.25, 0.3) is 153 Å². The zero-order chi connectivity index (χ0) is 98.8. The molecule has 0 spiro atoms. The van der Waals surface area contributed by atoms with E-state index < -0.39 is 0 Å². The Balaban J connectivity index is 0.000000110. The molecule has 0 saturated carbocycles. The number of ether oxygens (including phenoxy) is 1. The van der Waals surface area contributed by atoms with Gasteiger partial charge >= 0.3 is 0 Å². The molecule has 31 nitrogen and oxygen atoms in total. The van der Waals surface area contributed by atoms with Gasteiger partial charge in [0.1, 0.15) is 85.9 Å². The maximum atomic E-state index is 14.9. The number of carbonyl (C=O) groups excluding carboxylic acids is 2. The van der Waals surface area contributed by atoms with Gasteiger partial charge in [0.15, 0.2) is 29.1 Å². The van der Waals surface area contributed by atoms with Gasteiger partial charge in [0.2, 0.25) is 0 Å². The van der Waals surface area contributed by atoms with Crippen molar-refractivity contribution in [1.29, 1.82) is 0 Å². The first-order valence-corrected chi connectivity index (χ1v) is 49.9. The Morgan fingerprint density at radius 3 is 1.24 bits per heavy atom. The average molecular weight is 2000 g/mol. The summed E-state index contributed by atoms with van der Waals surface area (Å²) in [5.41, 5.74) is 18.5. The van der Waals surface area contributed by atoms with Crippen molar-refractivity contribution in [3.05, 3.63) is 342 Å². The highest BCUT2D eigenvalue weighted by Gasteiger charge is 2.31. The second-order valence-corrected chi connectivity index (χ2v) is 39.3. The van der Waals surface area contributed by atoms with Crippen LogP contribution in [-0.4, -0.2) is 175 Å². The minimum atomic E-state index is -0.316. The smallest absolute Gasteiger partial charge is 0.269 e. The van der Waals surface area contributed by atoms with E-state index in [4.69, 9.17) is 9.72 Å². The summed E-state index contributed by atoms with van der Waals surface area (Å²) in [6.07, 6.45) is 9.17. The molecule has 16 aromatic heterocycles. The van der Waals surface area contributed by atoms with Crippen molar-refractivity contribution < 1.29 is 28.2 Å². The number of H-pyrrole nitrogens is 5. The van der Waals surface area contributed by atoms with Crippen molar-refractivity contribution in [3.8, 4) is 96.7 Å². The number of amides is 2. The van der Waals surface area contributed by atoms with Crippen LogP contribution in [0.15, 0.2) is 264 Å².